The summed E-state index contributed by atoms with van der Waals surface area (Å²) in [5.74, 6) is 0.512. The second kappa shape index (κ2) is 7.13. The van der Waals surface area contributed by atoms with Crippen LogP contribution >= 0.6 is 0 Å². The summed E-state index contributed by atoms with van der Waals surface area (Å²) in [6.07, 6.45) is 3.05. The molecule has 2 aliphatic rings. The summed E-state index contributed by atoms with van der Waals surface area (Å²) in [5, 5.41) is 6.31. The largest absolute Gasteiger partial charge is 0.352 e. The number of carbonyl (C=O) groups excluding carboxylic acids is 2. The molecule has 2 fully saturated rings. The van der Waals surface area contributed by atoms with Crippen LogP contribution in [0.4, 0.5) is 0 Å². The number of nitrogens with zero attached hydrogens (tertiary/aromatic N) is 1. The first-order valence-electron chi connectivity index (χ1n) is 8.50. The Labute approximate surface area is 137 Å². The zero-order valence-corrected chi connectivity index (χ0v) is 13.7. The number of amides is 2. The van der Waals surface area contributed by atoms with Gasteiger partial charge in [-0.05, 0) is 44.2 Å². The van der Waals surface area contributed by atoms with Crippen LogP contribution in [0.5, 0.6) is 0 Å². The third kappa shape index (κ3) is 3.91. The van der Waals surface area contributed by atoms with Crippen molar-refractivity contribution in [3.63, 3.8) is 0 Å². The summed E-state index contributed by atoms with van der Waals surface area (Å²) in [5.41, 5.74) is 1.78. The summed E-state index contributed by atoms with van der Waals surface area (Å²) in [6.45, 7) is 5.17. The summed E-state index contributed by atoms with van der Waals surface area (Å²) < 4.78 is 0. The van der Waals surface area contributed by atoms with E-state index in [1.54, 1.807) is 0 Å². The third-order valence-corrected chi connectivity index (χ3v) is 4.77. The Kier molecular flexibility index (Phi) is 4.96. The minimum absolute atomic E-state index is 0.0389. The van der Waals surface area contributed by atoms with Gasteiger partial charge in [-0.15, -0.1) is 0 Å². The van der Waals surface area contributed by atoms with Crippen LogP contribution in [-0.4, -0.2) is 48.9 Å². The highest BCUT2D eigenvalue weighted by atomic mass is 16.2. The van der Waals surface area contributed by atoms with Crippen LogP contribution in [0, 0.1) is 12.8 Å². The molecule has 0 bridgehead atoms. The maximum Gasteiger partial charge on any atom is 0.251 e. The molecule has 2 aliphatic heterocycles. The number of rotatable bonds is 4. The number of likely N-dealkylation sites (tertiary alicyclic amines) is 1. The topological polar surface area (TPSA) is 61.4 Å². The maximum absolute atomic E-state index is 12.4. The first-order valence-corrected chi connectivity index (χ1v) is 8.50. The van der Waals surface area contributed by atoms with Gasteiger partial charge >= 0.3 is 0 Å². The van der Waals surface area contributed by atoms with Gasteiger partial charge in [-0.25, -0.2) is 0 Å². The molecule has 23 heavy (non-hydrogen) atoms. The maximum atomic E-state index is 12.4. The lowest BCUT2D eigenvalue weighted by Crippen LogP contribution is -2.42. The highest BCUT2D eigenvalue weighted by Gasteiger charge is 2.33. The number of benzene rings is 1. The van der Waals surface area contributed by atoms with Crippen molar-refractivity contribution in [3.8, 4) is 0 Å². The van der Waals surface area contributed by atoms with Crippen molar-refractivity contribution < 1.29 is 9.59 Å². The van der Waals surface area contributed by atoms with E-state index in [9.17, 15) is 9.59 Å². The number of hydrogen-bond acceptors (Lipinski definition) is 3. The molecule has 5 nitrogen and oxygen atoms in total. The Balaban J connectivity index is 1.46. The van der Waals surface area contributed by atoms with E-state index < -0.39 is 0 Å². The molecule has 2 amide bonds. The lowest BCUT2D eigenvalue weighted by Gasteiger charge is -2.20. The van der Waals surface area contributed by atoms with Crippen molar-refractivity contribution in [2.45, 2.75) is 32.2 Å². The zero-order chi connectivity index (χ0) is 16.2. The molecule has 124 valence electrons. The monoisotopic (exact) mass is 315 g/mol. The van der Waals surface area contributed by atoms with Gasteiger partial charge in [-0.3, -0.25) is 9.59 Å². The van der Waals surface area contributed by atoms with Crippen LogP contribution in [0.15, 0.2) is 24.3 Å². The van der Waals surface area contributed by atoms with Gasteiger partial charge in [-0.1, -0.05) is 17.7 Å². The van der Waals surface area contributed by atoms with E-state index in [1.807, 2.05) is 36.1 Å². The smallest absolute Gasteiger partial charge is 0.251 e. The molecular formula is C18H25N3O2. The summed E-state index contributed by atoms with van der Waals surface area (Å²) in [4.78, 5) is 26.5. The van der Waals surface area contributed by atoms with Crippen molar-refractivity contribution in [1.82, 2.24) is 15.5 Å². The molecule has 0 aliphatic carbocycles. The Hall–Kier alpha value is -1.88. The number of nitrogens with one attached hydrogen (secondary N) is 2. The second-order valence-electron chi connectivity index (χ2n) is 6.67. The van der Waals surface area contributed by atoms with E-state index in [4.69, 9.17) is 0 Å². The van der Waals surface area contributed by atoms with Gasteiger partial charge in [0.1, 0.15) is 0 Å². The van der Waals surface area contributed by atoms with E-state index in [0.717, 1.165) is 44.5 Å². The van der Waals surface area contributed by atoms with Crippen LogP contribution in [0.2, 0.25) is 0 Å². The average Bonchev–Trinajstić information content (AvgIpc) is 3.23. The lowest BCUT2D eigenvalue weighted by molar-refractivity contribution is -0.132. The fraction of sp³-hybridized carbons (Fsp3) is 0.556. The highest BCUT2D eigenvalue weighted by Crippen LogP contribution is 2.18. The van der Waals surface area contributed by atoms with Crippen molar-refractivity contribution in [1.29, 1.82) is 0 Å². The van der Waals surface area contributed by atoms with Gasteiger partial charge in [0.05, 0.1) is 6.04 Å². The van der Waals surface area contributed by atoms with Gasteiger partial charge in [-0.2, -0.15) is 0 Å². The van der Waals surface area contributed by atoms with E-state index in [1.165, 1.54) is 0 Å². The van der Waals surface area contributed by atoms with Crippen LogP contribution < -0.4 is 10.6 Å². The van der Waals surface area contributed by atoms with Crippen molar-refractivity contribution in [3.05, 3.63) is 35.4 Å². The minimum Gasteiger partial charge on any atom is -0.352 e. The standard InChI is InChI=1S/C18H25N3O2/c1-13-5-4-6-15(9-13)17(22)20-12-14-10-16(19-11-14)18(23)21-7-2-3-8-21/h4-6,9,14,16,19H,2-3,7-8,10-12H2,1H3,(H,20,22)/t14-,16-/m0/s1. The minimum atomic E-state index is -0.0750. The molecule has 3 rings (SSSR count). The van der Waals surface area contributed by atoms with Gasteiger partial charge in [0.15, 0.2) is 0 Å². The molecule has 0 saturated carbocycles. The van der Waals surface area contributed by atoms with E-state index in [0.29, 0.717) is 18.0 Å². The average molecular weight is 315 g/mol. The molecule has 5 heteroatoms. The Bertz CT molecular complexity index is 581. The van der Waals surface area contributed by atoms with E-state index in [-0.39, 0.29) is 17.9 Å². The summed E-state index contributed by atoms with van der Waals surface area (Å²) in [6, 6.07) is 7.52. The molecule has 2 N–H and O–H groups in total. The molecule has 0 radical (unpaired) electrons. The number of hydrogen-bond donors (Lipinski definition) is 2. The molecule has 2 atom stereocenters. The first-order chi connectivity index (χ1) is 11.1. The quantitative estimate of drug-likeness (QED) is 0.881. The first kappa shape index (κ1) is 16.0. The lowest BCUT2D eigenvalue weighted by atomic mass is 10.0. The van der Waals surface area contributed by atoms with Gasteiger partial charge < -0.3 is 15.5 Å². The molecule has 0 spiro atoms. The molecule has 2 saturated heterocycles. The summed E-state index contributed by atoms with van der Waals surface area (Å²) in [7, 11) is 0. The van der Waals surface area contributed by atoms with Crippen molar-refractivity contribution in [2.75, 3.05) is 26.2 Å². The molecular weight excluding hydrogens is 290 g/mol. The predicted molar refractivity (Wildman–Crippen MR) is 89.2 cm³/mol. The number of carbonyl (C=O) groups is 2. The Morgan fingerprint density at radius 3 is 2.83 bits per heavy atom. The number of aryl methyl sites for hydroxylation is 1. The fourth-order valence-electron chi connectivity index (χ4n) is 3.44. The van der Waals surface area contributed by atoms with Gasteiger partial charge in [0.25, 0.3) is 5.91 Å². The molecule has 1 aromatic carbocycles. The Morgan fingerprint density at radius 1 is 1.30 bits per heavy atom. The normalized spacial score (nSPS) is 24.0. The highest BCUT2D eigenvalue weighted by molar-refractivity contribution is 5.94. The van der Waals surface area contributed by atoms with E-state index in [2.05, 4.69) is 10.6 Å². The van der Waals surface area contributed by atoms with Crippen molar-refractivity contribution in [2.24, 2.45) is 5.92 Å². The van der Waals surface area contributed by atoms with Crippen molar-refractivity contribution >= 4 is 11.8 Å². The van der Waals surface area contributed by atoms with Gasteiger partial charge in [0, 0.05) is 31.7 Å². The molecule has 2 heterocycles. The van der Waals surface area contributed by atoms with E-state index >= 15 is 0 Å². The van der Waals surface area contributed by atoms with Gasteiger partial charge in [0.2, 0.25) is 5.91 Å². The van der Waals surface area contributed by atoms with Crippen LogP contribution in [0.1, 0.15) is 35.2 Å². The fourth-order valence-corrected chi connectivity index (χ4v) is 3.44. The van der Waals surface area contributed by atoms with Crippen LogP contribution in [0.25, 0.3) is 0 Å². The molecule has 0 unspecified atom stereocenters. The zero-order valence-electron chi connectivity index (χ0n) is 13.7. The summed E-state index contributed by atoms with van der Waals surface area (Å²) >= 11 is 0. The second-order valence-corrected chi connectivity index (χ2v) is 6.67. The molecule has 1 aromatic rings. The Morgan fingerprint density at radius 2 is 2.09 bits per heavy atom. The molecule has 0 aromatic heterocycles. The SMILES string of the molecule is Cc1cccc(C(=O)NC[C@@H]2CN[C@H](C(=O)N3CCCC3)C2)c1. The van der Waals surface area contributed by atoms with Crippen LogP contribution in [0.3, 0.4) is 0 Å². The predicted octanol–water partition coefficient (Wildman–Crippen LogP) is 1.33. The van der Waals surface area contributed by atoms with Crippen LogP contribution in [-0.2, 0) is 4.79 Å². The third-order valence-electron chi connectivity index (χ3n) is 4.77.